The van der Waals surface area contributed by atoms with Crippen LogP contribution in [0.5, 0.6) is 0 Å². The van der Waals surface area contributed by atoms with E-state index in [0.29, 0.717) is 16.4 Å². The lowest BCUT2D eigenvalue weighted by molar-refractivity contribution is 0.102. The Labute approximate surface area is 141 Å². The second-order valence-electron chi connectivity index (χ2n) is 5.40. The van der Waals surface area contributed by atoms with E-state index in [1.165, 1.54) is 11.8 Å². The van der Waals surface area contributed by atoms with Crippen molar-refractivity contribution in [1.29, 1.82) is 0 Å². The minimum Gasteiger partial charge on any atom is -0.293 e. The molecule has 0 fully saturated rings. The highest BCUT2D eigenvalue weighted by atomic mass is 32.2. The number of thioether (sulfide) groups is 1. The summed E-state index contributed by atoms with van der Waals surface area (Å²) in [5, 5.41) is 13.3. The first-order valence-electron chi connectivity index (χ1n) is 7.42. The summed E-state index contributed by atoms with van der Waals surface area (Å²) in [5.74, 6) is 0.333. The molecule has 0 N–H and O–H groups in total. The molecule has 0 radical (unpaired) electrons. The number of carbonyl (C=O) groups excluding carboxylic acids is 1. The van der Waals surface area contributed by atoms with Crippen molar-refractivity contribution in [1.82, 2.24) is 25.0 Å². The summed E-state index contributed by atoms with van der Waals surface area (Å²) in [4.78, 5) is 16.9. The fourth-order valence-electron chi connectivity index (χ4n) is 2.44. The van der Waals surface area contributed by atoms with E-state index in [2.05, 4.69) is 20.5 Å². The van der Waals surface area contributed by atoms with Crippen molar-refractivity contribution >= 4 is 34.1 Å². The van der Waals surface area contributed by atoms with Gasteiger partial charge >= 0.3 is 0 Å². The van der Waals surface area contributed by atoms with Gasteiger partial charge in [-0.15, -0.1) is 5.10 Å². The van der Waals surface area contributed by atoms with Gasteiger partial charge in [0.2, 0.25) is 0 Å². The highest BCUT2D eigenvalue weighted by Crippen LogP contribution is 2.23. The molecule has 118 valence electrons. The van der Waals surface area contributed by atoms with Crippen molar-refractivity contribution in [3.05, 3.63) is 59.7 Å². The molecule has 0 saturated heterocycles. The third-order valence-corrected chi connectivity index (χ3v) is 4.65. The number of aryl methyl sites for hydroxylation is 1. The lowest BCUT2D eigenvalue weighted by Crippen LogP contribution is -2.05. The van der Waals surface area contributed by atoms with Gasteiger partial charge in [-0.1, -0.05) is 53.7 Å². The van der Waals surface area contributed by atoms with E-state index in [4.69, 9.17) is 0 Å². The second-order valence-corrected chi connectivity index (χ2v) is 6.35. The quantitative estimate of drug-likeness (QED) is 0.324. The number of carbonyl (C=O) groups is 1. The van der Waals surface area contributed by atoms with E-state index in [-0.39, 0.29) is 11.5 Å². The Morgan fingerprint density at radius 1 is 1.12 bits per heavy atom. The molecule has 6 nitrogen and oxygen atoms in total. The van der Waals surface area contributed by atoms with Crippen LogP contribution in [0.25, 0.3) is 16.6 Å². The topological polar surface area (TPSA) is 73.0 Å². The zero-order chi connectivity index (χ0) is 16.5. The Morgan fingerprint density at radius 3 is 2.75 bits per heavy atom. The number of ketones is 1. The number of benzene rings is 2. The number of hydrogen-bond acceptors (Lipinski definition) is 6. The molecular formula is C17H13N5OS. The maximum atomic E-state index is 12.4. The fraction of sp³-hybridized carbons (Fsp3) is 0.118. The molecule has 4 rings (SSSR count). The molecule has 2 aromatic carbocycles. The van der Waals surface area contributed by atoms with E-state index in [0.717, 1.165) is 16.5 Å². The summed E-state index contributed by atoms with van der Waals surface area (Å²) >= 11 is 1.34. The molecule has 0 saturated carbocycles. The van der Waals surface area contributed by atoms with Crippen molar-refractivity contribution in [3.63, 3.8) is 0 Å². The SMILES string of the molecule is Cc1ccc(C(=O)CSc2nc3ccccc3c3nnnn23)cc1. The van der Waals surface area contributed by atoms with Crippen LogP contribution in [-0.2, 0) is 0 Å². The molecule has 0 bridgehead atoms. The number of para-hydroxylation sites is 1. The van der Waals surface area contributed by atoms with Crippen molar-refractivity contribution in [2.24, 2.45) is 0 Å². The highest BCUT2D eigenvalue weighted by Gasteiger charge is 2.13. The number of rotatable bonds is 4. The zero-order valence-electron chi connectivity index (χ0n) is 12.9. The van der Waals surface area contributed by atoms with Gasteiger partial charge in [-0.05, 0) is 29.5 Å². The molecule has 0 aliphatic carbocycles. The molecule has 0 spiro atoms. The van der Waals surface area contributed by atoms with Crippen molar-refractivity contribution in [2.45, 2.75) is 12.1 Å². The first kappa shape index (κ1) is 14.8. The first-order valence-corrected chi connectivity index (χ1v) is 8.40. The van der Waals surface area contributed by atoms with Crippen LogP contribution in [0.4, 0.5) is 0 Å². The predicted molar refractivity (Wildman–Crippen MR) is 92.3 cm³/mol. The molecule has 2 heterocycles. The smallest absolute Gasteiger partial charge is 0.193 e. The number of hydrogen-bond donors (Lipinski definition) is 0. The van der Waals surface area contributed by atoms with Gasteiger partial charge in [0.15, 0.2) is 16.6 Å². The van der Waals surface area contributed by atoms with Crippen LogP contribution in [0.3, 0.4) is 0 Å². The van der Waals surface area contributed by atoms with Crippen molar-refractivity contribution < 1.29 is 4.79 Å². The summed E-state index contributed by atoms with van der Waals surface area (Å²) in [6, 6.07) is 15.2. The van der Waals surface area contributed by atoms with Gasteiger partial charge in [0.05, 0.1) is 11.3 Å². The lowest BCUT2D eigenvalue weighted by atomic mass is 10.1. The lowest BCUT2D eigenvalue weighted by Gasteiger charge is -2.05. The summed E-state index contributed by atoms with van der Waals surface area (Å²) < 4.78 is 1.58. The number of nitrogens with zero attached hydrogens (tertiary/aromatic N) is 5. The van der Waals surface area contributed by atoms with Gasteiger partial charge in [0.1, 0.15) is 0 Å². The van der Waals surface area contributed by atoms with E-state index in [1.807, 2.05) is 55.5 Å². The summed E-state index contributed by atoms with van der Waals surface area (Å²) in [6.45, 7) is 2.00. The van der Waals surface area contributed by atoms with Crippen LogP contribution in [0, 0.1) is 6.92 Å². The number of tetrazole rings is 1. The molecule has 0 atom stereocenters. The number of fused-ring (bicyclic) bond motifs is 3. The average molecular weight is 335 g/mol. The summed E-state index contributed by atoms with van der Waals surface area (Å²) in [5.41, 5.74) is 3.28. The Morgan fingerprint density at radius 2 is 1.92 bits per heavy atom. The molecule has 0 aliphatic heterocycles. The molecule has 24 heavy (non-hydrogen) atoms. The van der Waals surface area contributed by atoms with Crippen molar-refractivity contribution in [3.8, 4) is 0 Å². The monoisotopic (exact) mass is 335 g/mol. The highest BCUT2D eigenvalue weighted by molar-refractivity contribution is 7.99. The Balaban J connectivity index is 1.65. The van der Waals surface area contributed by atoms with E-state index >= 15 is 0 Å². The van der Waals surface area contributed by atoms with Gasteiger partial charge in [-0.25, -0.2) is 4.98 Å². The average Bonchev–Trinajstić information content (AvgIpc) is 3.10. The maximum Gasteiger partial charge on any atom is 0.193 e. The van der Waals surface area contributed by atoms with E-state index < -0.39 is 0 Å². The normalized spacial score (nSPS) is 11.2. The van der Waals surface area contributed by atoms with Crippen LogP contribution in [0.1, 0.15) is 15.9 Å². The minimum atomic E-state index is 0.0520. The maximum absolute atomic E-state index is 12.4. The summed E-state index contributed by atoms with van der Waals surface area (Å²) in [6.07, 6.45) is 0. The minimum absolute atomic E-state index is 0.0520. The number of aromatic nitrogens is 5. The Bertz CT molecular complexity index is 1040. The summed E-state index contributed by atoms with van der Waals surface area (Å²) in [7, 11) is 0. The van der Waals surface area contributed by atoms with Crippen LogP contribution in [0.15, 0.2) is 53.7 Å². The third kappa shape index (κ3) is 2.63. The van der Waals surface area contributed by atoms with Gasteiger partial charge in [0, 0.05) is 10.9 Å². The van der Waals surface area contributed by atoms with E-state index in [9.17, 15) is 4.79 Å². The fourth-order valence-corrected chi connectivity index (χ4v) is 3.28. The third-order valence-electron chi connectivity index (χ3n) is 3.72. The molecule has 0 aliphatic rings. The van der Waals surface area contributed by atoms with Crippen LogP contribution < -0.4 is 0 Å². The van der Waals surface area contributed by atoms with Crippen LogP contribution in [-0.4, -0.2) is 36.6 Å². The Kier molecular flexibility index (Phi) is 3.70. The van der Waals surface area contributed by atoms with Gasteiger partial charge in [-0.3, -0.25) is 4.79 Å². The number of Topliss-reactive ketones (excluding diaryl/α,β-unsaturated/α-hetero) is 1. The van der Waals surface area contributed by atoms with Gasteiger partial charge < -0.3 is 0 Å². The van der Waals surface area contributed by atoms with E-state index in [1.54, 1.807) is 4.52 Å². The largest absolute Gasteiger partial charge is 0.293 e. The molecular weight excluding hydrogens is 322 g/mol. The first-order chi connectivity index (χ1) is 11.7. The van der Waals surface area contributed by atoms with Crippen molar-refractivity contribution in [2.75, 3.05) is 5.75 Å². The molecule has 2 aromatic heterocycles. The van der Waals surface area contributed by atoms with Crippen LogP contribution in [0.2, 0.25) is 0 Å². The van der Waals surface area contributed by atoms with Gasteiger partial charge in [0.25, 0.3) is 0 Å². The molecule has 7 heteroatoms. The molecule has 0 unspecified atom stereocenters. The second kappa shape index (κ2) is 6.01. The Hall–Kier alpha value is -2.80. The molecule has 0 amide bonds. The standard InChI is InChI=1S/C17H13N5OS/c1-11-6-8-12(9-7-11)15(23)10-24-17-18-14-5-3-2-4-13(14)16-19-20-21-22(16)17/h2-9H,10H2,1H3. The molecule has 4 aromatic rings. The van der Waals surface area contributed by atoms with Crippen LogP contribution >= 0.6 is 11.8 Å². The van der Waals surface area contributed by atoms with Gasteiger partial charge in [-0.2, -0.15) is 4.52 Å². The zero-order valence-corrected chi connectivity index (χ0v) is 13.7. The predicted octanol–water partition coefficient (Wildman–Crippen LogP) is 2.96.